The zero-order chi connectivity index (χ0) is 20.8. The second-order valence-corrected chi connectivity index (χ2v) is 5.27. The van der Waals surface area contributed by atoms with Crippen molar-refractivity contribution in [2.45, 2.75) is 26.9 Å². The number of aromatic nitrogens is 1. The van der Waals surface area contributed by atoms with Crippen molar-refractivity contribution in [3.8, 4) is 0 Å². The number of amides is 3. The van der Waals surface area contributed by atoms with Crippen LogP contribution in [0.3, 0.4) is 0 Å². The summed E-state index contributed by atoms with van der Waals surface area (Å²) in [4.78, 5) is 49.1. The lowest BCUT2D eigenvalue weighted by Gasteiger charge is -2.09. The molecule has 0 unspecified atom stereocenters. The molecule has 0 fully saturated rings. The van der Waals surface area contributed by atoms with Gasteiger partial charge in [-0.15, -0.1) is 0 Å². The molecule has 9 nitrogen and oxygen atoms in total. The maximum Gasteiger partial charge on any atom is 0.405 e. The normalized spacial score (nSPS) is 10.9. The number of rotatable bonds is 6. The monoisotopic (exact) mass is 393 g/mol. The van der Waals surface area contributed by atoms with E-state index in [0.29, 0.717) is 5.69 Å². The summed E-state index contributed by atoms with van der Waals surface area (Å²) in [5.41, 5.74) is 0.665. The number of nitrogens with one attached hydrogen (secondary N) is 3. The zero-order valence-electron chi connectivity index (χ0n) is 14.7. The Morgan fingerprint density at radius 3 is 2.26 bits per heavy atom. The first kappa shape index (κ1) is 22.0. The van der Waals surface area contributed by atoms with Gasteiger partial charge >= 0.3 is 24.1 Å². The molecular weight excluding hydrogens is 375 g/mol. The van der Waals surface area contributed by atoms with Gasteiger partial charge in [0, 0.05) is 5.69 Å². The topological polar surface area (TPSA) is 127 Å². The second kappa shape index (κ2) is 9.05. The molecule has 0 atom stereocenters. The molecule has 27 heavy (non-hydrogen) atoms. The smallest absolute Gasteiger partial charge is 0.405 e. The number of hydrogen-bond acceptors (Lipinski definition) is 6. The van der Waals surface area contributed by atoms with Crippen molar-refractivity contribution in [2.24, 2.45) is 0 Å². The van der Waals surface area contributed by atoms with Crippen LogP contribution in [-0.2, 0) is 14.3 Å². The third kappa shape index (κ3) is 6.64. The van der Waals surface area contributed by atoms with E-state index in [0.717, 1.165) is 0 Å². The number of halogens is 3. The quantitative estimate of drug-likeness (QED) is 0.627. The number of hydrogen-bond donors (Lipinski definition) is 3. The number of H-pyrrole nitrogens is 1. The van der Waals surface area contributed by atoms with Crippen LogP contribution in [0.4, 0.5) is 18.0 Å². The molecule has 0 aliphatic heterocycles. The van der Waals surface area contributed by atoms with Gasteiger partial charge in [0.2, 0.25) is 0 Å². The molecule has 0 aliphatic carbocycles. The van der Waals surface area contributed by atoms with E-state index in [1.54, 1.807) is 12.2 Å². The van der Waals surface area contributed by atoms with Crippen LogP contribution in [0.15, 0.2) is 0 Å². The molecule has 0 saturated carbocycles. The summed E-state index contributed by atoms with van der Waals surface area (Å²) in [6.45, 7) is 2.23. The van der Waals surface area contributed by atoms with E-state index in [9.17, 15) is 32.3 Å². The number of carbonyl (C=O) groups excluding carboxylic acids is 4. The van der Waals surface area contributed by atoms with Crippen LogP contribution in [0.25, 0.3) is 0 Å². The van der Waals surface area contributed by atoms with Gasteiger partial charge in [-0.2, -0.15) is 13.2 Å². The van der Waals surface area contributed by atoms with Crippen molar-refractivity contribution in [3.05, 3.63) is 22.5 Å². The highest BCUT2D eigenvalue weighted by molar-refractivity contribution is 6.00. The van der Waals surface area contributed by atoms with Crippen LogP contribution in [0.2, 0.25) is 0 Å². The molecule has 0 aromatic carbocycles. The molecule has 12 heteroatoms. The molecule has 1 aromatic heterocycles. The Morgan fingerprint density at radius 2 is 1.70 bits per heavy atom. The van der Waals surface area contributed by atoms with Crippen molar-refractivity contribution in [1.29, 1.82) is 0 Å². The van der Waals surface area contributed by atoms with Gasteiger partial charge in [0.25, 0.3) is 5.91 Å². The predicted octanol–water partition coefficient (Wildman–Crippen LogP) is 1.35. The van der Waals surface area contributed by atoms with Crippen LogP contribution >= 0.6 is 0 Å². The van der Waals surface area contributed by atoms with Crippen molar-refractivity contribution in [1.82, 2.24) is 15.6 Å². The van der Waals surface area contributed by atoms with E-state index < -0.39 is 43.2 Å². The SMILES string of the molecule is CCOC(=O)c1c(C)[nH]c(C(=O)OCC(=O)NC(=O)NCC(F)(F)F)c1C. The Morgan fingerprint density at radius 1 is 1.07 bits per heavy atom. The van der Waals surface area contributed by atoms with Crippen LogP contribution in [-0.4, -0.2) is 54.8 Å². The minimum atomic E-state index is -4.63. The highest BCUT2D eigenvalue weighted by Gasteiger charge is 2.28. The number of alkyl halides is 3. The Bertz CT molecular complexity index is 742. The van der Waals surface area contributed by atoms with Crippen molar-refractivity contribution < 1.29 is 41.8 Å². The molecule has 1 aromatic rings. The summed E-state index contributed by atoms with van der Waals surface area (Å²) < 4.78 is 45.4. The molecule has 3 N–H and O–H groups in total. The van der Waals surface area contributed by atoms with Crippen molar-refractivity contribution in [3.63, 3.8) is 0 Å². The van der Waals surface area contributed by atoms with Crippen LogP contribution < -0.4 is 10.6 Å². The summed E-state index contributed by atoms with van der Waals surface area (Å²) in [7, 11) is 0. The molecule has 1 rings (SSSR count). The van der Waals surface area contributed by atoms with E-state index in [1.165, 1.54) is 19.2 Å². The van der Waals surface area contributed by atoms with Crippen LogP contribution in [0, 0.1) is 13.8 Å². The van der Waals surface area contributed by atoms with Gasteiger partial charge in [0.05, 0.1) is 12.2 Å². The van der Waals surface area contributed by atoms with Gasteiger partial charge in [-0.25, -0.2) is 14.4 Å². The second-order valence-electron chi connectivity index (χ2n) is 5.27. The van der Waals surface area contributed by atoms with E-state index in [-0.39, 0.29) is 23.4 Å². The van der Waals surface area contributed by atoms with Crippen molar-refractivity contribution in [2.75, 3.05) is 19.8 Å². The first-order valence-electron chi connectivity index (χ1n) is 7.64. The van der Waals surface area contributed by atoms with Gasteiger partial charge in [-0.05, 0) is 26.3 Å². The van der Waals surface area contributed by atoms with Gasteiger partial charge in [-0.3, -0.25) is 10.1 Å². The van der Waals surface area contributed by atoms with Crippen LogP contribution in [0.1, 0.15) is 39.0 Å². The average Bonchev–Trinajstić information content (AvgIpc) is 2.85. The molecule has 0 radical (unpaired) electrons. The number of imide groups is 1. The molecule has 0 spiro atoms. The number of urea groups is 1. The fraction of sp³-hybridized carbons (Fsp3) is 0.467. The average molecular weight is 393 g/mol. The van der Waals surface area contributed by atoms with E-state index in [4.69, 9.17) is 4.74 Å². The fourth-order valence-corrected chi connectivity index (χ4v) is 2.05. The van der Waals surface area contributed by atoms with E-state index >= 15 is 0 Å². The summed E-state index contributed by atoms with van der Waals surface area (Å²) in [5, 5.41) is 3.00. The van der Waals surface area contributed by atoms with Gasteiger partial charge in [0.15, 0.2) is 6.61 Å². The highest BCUT2D eigenvalue weighted by atomic mass is 19.4. The summed E-state index contributed by atoms with van der Waals surface area (Å²) in [6, 6.07) is -1.38. The minimum absolute atomic E-state index is 0.0927. The van der Waals surface area contributed by atoms with E-state index in [2.05, 4.69) is 9.72 Å². The van der Waals surface area contributed by atoms with E-state index in [1.807, 2.05) is 0 Å². The maximum atomic E-state index is 12.0. The molecule has 150 valence electrons. The van der Waals surface area contributed by atoms with Crippen LogP contribution in [0.5, 0.6) is 0 Å². The molecule has 3 amide bonds. The van der Waals surface area contributed by atoms with Gasteiger partial charge < -0.3 is 19.8 Å². The molecule has 0 saturated heterocycles. The Balaban J connectivity index is 2.62. The standard InChI is InChI=1S/C15H18F3N3O6/c1-4-26-12(23)10-7(2)11(20-8(10)3)13(24)27-5-9(22)21-14(25)19-6-15(16,17)18/h20H,4-6H2,1-3H3,(H2,19,21,22,25). The maximum absolute atomic E-state index is 12.0. The van der Waals surface area contributed by atoms with Crippen molar-refractivity contribution >= 4 is 23.9 Å². The minimum Gasteiger partial charge on any atom is -0.462 e. The third-order valence-electron chi connectivity index (χ3n) is 3.16. The lowest BCUT2D eigenvalue weighted by Crippen LogP contribution is -2.44. The molecule has 0 bridgehead atoms. The first-order chi connectivity index (χ1) is 12.5. The molecular formula is C15H18F3N3O6. The first-order valence-corrected chi connectivity index (χ1v) is 7.64. The number of carbonyl (C=O) groups is 4. The summed E-state index contributed by atoms with van der Waals surface area (Å²) in [5.74, 6) is -2.76. The zero-order valence-corrected chi connectivity index (χ0v) is 14.7. The molecule has 0 aliphatic rings. The number of esters is 2. The molecule has 1 heterocycles. The summed E-state index contributed by atoms with van der Waals surface area (Å²) >= 11 is 0. The third-order valence-corrected chi connectivity index (χ3v) is 3.16. The van der Waals surface area contributed by atoms with Gasteiger partial charge in [-0.1, -0.05) is 0 Å². The number of aryl methyl sites for hydroxylation is 1. The fourth-order valence-electron chi connectivity index (χ4n) is 2.05. The Labute approximate surface area is 151 Å². The Kier molecular flexibility index (Phi) is 7.37. The number of aromatic amines is 1. The van der Waals surface area contributed by atoms with Gasteiger partial charge in [0.1, 0.15) is 12.2 Å². The Hall–Kier alpha value is -3.05. The summed E-state index contributed by atoms with van der Waals surface area (Å²) in [6.07, 6.45) is -4.63. The largest absolute Gasteiger partial charge is 0.462 e. The highest BCUT2D eigenvalue weighted by Crippen LogP contribution is 2.19. The number of ether oxygens (including phenoxy) is 2. The predicted molar refractivity (Wildman–Crippen MR) is 84.1 cm³/mol. The lowest BCUT2D eigenvalue weighted by atomic mass is 10.1. The lowest BCUT2D eigenvalue weighted by molar-refractivity contribution is -0.125.